The molecule has 3 nitrogen and oxygen atoms in total. The van der Waals surface area contributed by atoms with Crippen LogP contribution in [0.2, 0.25) is 0 Å². The molecule has 0 saturated heterocycles. The van der Waals surface area contributed by atoms with Crippen LogP contribution >= 0.6 is 22.9 Å². The number of alkyl halides is 1. The standard InChI is InChI=1S/C13H15ClN2OS/c1-17-9-5-8-11-15-16-13(18-11)12(14)10-6-3-2-4-7-10/h2-4,6-7,12H,5,8-9H2,1H3. The van der Waals surface area contributed by atoms with Crippen LogP contribution in [0.1, 0.15) is 27.4 Å². The quantitative estimate of drug-likeness (QED) is 0.601. The molecule has 0 fully saturated rings. The van der Waals surface area contributed by atoms with Gasteiger partial charge in [-0.15, -0.1) is 21.8 Å². The number of hydrogen-bond acceptors (Lipinski definition) is 4. The fraction of sp³-hybridized carbons (Fsp3) is 0.385. The molecule has 0 bridgehead atoms. The van der Waals surface area contributed by atoms with Gasteiger partial charge in [0.2, 0.25) is 0 Å². The van der Waals surface area contributed by atoms with Crippen LogP contribution in [0.3, 0.4) is 0 Å². The predicted octanol–water partition coefficient (Wildman–Crippen LogP) is 3.45. The first kappa shape index (κ1) is 13.5. The zero-order valence-electron chi connectivity index (χ0n) is 10.2. The Kier molecular flexibility index (Phi) is 5.11. The highest BCUT2D eigenvalue weighted by molar-refractivity contribution is 7.11. The van der Waals surface area contributed by atoms with Crippen LogP contribution in [0, 0.1) is 0 Å². The van der Waals surface area contributed by atoms with E-state index in [1.165, 1.54) is 0 Å². The van der Waals surface area contributed by atoms with E-state index in [1.807, 2.05) is 30.3 Å². The second kappa shape index (κ2) is 6.83. The second-order valence-corrected chi connectivity index (χ2v) is 5.43. The Morgan fingerprint density at radius 3 is 2.78 bits per heavy atom. The molecule has 18 heavy (non-hydrogen) atoms. The van der Waals surface area contributed by atoms with Gasteiger partial charge < -0.3 is 4.74 Å². The number of rotatable bonds is 6. The lowest BCUT2D eigenvalue weighted by atomic mass is 10.1. The minimum absolute atomic E-state index is 0.208. The van der Waals surface area contributed by atoms with Crippen molar-refractivity contribution < 1.29 is 4.74 Å². The van der Waals surface area contributed by atoms with Crippen LogP contribution in [0.15, 0.2) is 30.3 Å². The van der Waals surface area contributed by atoms with Gasteiger partial charge in [0, 0.05) is 20.1 Å². The van der Waals surface area contributed by atoms with Gasteiger partial charge in [-0.25, -0.2) is 0 Å². The third-order valence-electron chi connectivity index (χ3n) is 2.53. The molecular weight excluding hydrogens is 268 g/mol. The number of nitrogens with zero attached hydrogens (tertiary/aromatic N) is 2. The molecule has 2 aromatic rings. The summed E-state index contributed by atoms with van der Waals surface area (Å²) in [5.41, 5.74) is 1.05. The van der Waals surface area contributed by atoms with Gasteiger partial charge in [-0.2, -0.15) is 0 Å². The van der Waals surface area contributed by atoms with Gasteiger partial charge in [0.1, 0.15) is 15.4 Å². The molecule has 0 radical (unpaired) electrons. The number of halogens is 1. The lowest BCUT2D eigenvalue weighted by Gasteiger charge is -2.04. The molecule has 1 unspecified atom stereocenters. The fourth-order valence-corrected chi connectivity index (χ4v) is 2.82. The van der Waals surface area contributed by atoms with E-state index in [1.54, 1.807) is 18.4 Å². The van der Waals surface area contributed by atoms with Crippen molar-refractivity contribution in [2.75, 3.05) is 13.7 Å². The maximum absolute atomic E-state index is 6.39. The summed E-state index contributed by atoms with van der Waals surface area (Å²) in [5.74, 6) is 0. The highest BCUT2D eigenvalue weighted by Gasteiger charge is 2.15. The van der Waals surface area contributed by atoms with E-state index in [0.717, 1.165) is 35.0 Å². The smallest absolute Gasteiger partial charge is 0.139 e. The molecule has 1 aromatic carbocycles. The van der Waals surface area contributed by atoms with Gasteiger partial charge >= 0.3 is 0 Å². The highest BCUT2D eigenvalue weighted by atomic mass is 35.5. The van der Waals surface area contributed by atoms with Crippen molar-refractivity contribution in [3.8, 4) is 0 Å². The molecule has 5 heteroatoms. The molecule has 0 aliphatic rings. The van der Waals surface area contributed by atoms with Crippen molar-refractivity contribution in [1.29, 1.82) is 0 Å². The molecule has 1 heterocycles. The van der Waals surface area contributed by atoms with E-state index in [9.17, 15) is 0 Å². The number of aromatic nitrogens is 2. The first-order valence-electron chi connectivity index (χ1n) is 5.81. The highest BCUT2D eigenvalue weighted by Crippen LogP contribution is 2.30. The lowest BCUT2D eigenvalue weighted by molar-refractivity contribution is 0.195. The molecular formula is C13H15ClN2OS. The van der Waals surface area contributed by atoms with E-state index in [2.05, 4.69) is 10.2 Å². The van der Waals surface area contributed by atoms with Crippen LogP contribution in [0.5, 0.6) is 0 Å². The minimum atomic E-state index is -0.208. The molecule has 0 N–H and O–H groups in total. The minimum Gasteiger partial charge on any atom is -0.385 e. The number of benzene rings is 1. The summed E-state index contributed by atoms with van der Waals surface area (Å²) in [6, 6.07) is 9.94. The Morgan fingerprint density at radius 2 is 2.06 bits per heavy atom. The van der Waals surface area contributed by atoms with E-state index < -0.39 is 0 Å². The van der Waals surface area contributed by atoms with Crippen LogP contribution in [0.4, 0.5) is 0 Å². The van der Waals surface area contributed by atoms with Crippen LogP contribution in [-0.4, -0.2) is 23.9 Å². The summed E-state index contributed by atoms with van der Waals surface area (Å²) in [4.78, 5) is 0. The second-order valence-electron chi connectivity index (χ2n) is 3.90. The van der Waals surface area contributed by atoms with E-state index >= 15 is 0 Å². The predicted molar refractivity (Wildman–Crippen MR) is 74.2 cm³/mol. The van der Waals surface area contributed by atoms with Gasteiger partial charge in [-0.05, 0) is 12.0 Å². The zero-order chi connectivity index (χ0) is 12.8. The van der Waals surface area contributed by atoms with Crippen molar-refractivity contribution in [3.63, 3.8) is 0 Å². The Labute approximate surface area is 116 Å². The molecule has 0 spiro atoms. The van der Waals surface area contributed by atoms with Crippen LogP contribution in [-0.2, 0) is 11.2 Å². The van der Waals surface area contributed by atoms with Gasteiger partial charge in [0.05, 0.1) is 0 Å². The van der Waals surface area contributed by atoms with E-state index in [-0.39, 0.29) is 5.38 Å². The monoisotopic (exact) mass is 282 g/mol. The molecule has 0 amide bonds. The van der Waals surface area contributed by atoms with Gasteiger partial charge in [0.15, 0.2) is 0 Å². The molecule has 0 aliphatic carbocycles. The Balaban J connectivity index is 2.01. The van der Waals surface area contributed by atoms with Crippen molar-refractivity contribution in [3.05, 3.63) is 45.9 Å². The Morgan fingerprint density at radius 1 is 1.28 bits per heavy atom. The molecule has 0 aliphatic heterocycles. The van der Waals surface area contributed by atoms with Gasteiger partial charge in [-0.1, -0.05) is 41.7 Å². The summed E-state index contributed by atoms with van der Waals surface area (Å²) >= 11 is 7.97. The molecule has 0 saturated carbocycles. The van der Waals surface area contributed by atoms with Crippen molar-refractivity contribution in [2.45, 2.75) is 18.2 Å². The summed E-state index contributed by atoms with van der Waals surface area (Å²) in [6.07, 6.45) is 1.85. The number of ether oxygens (including phenoxy) is 1. The molecule has 1 atom stereocenters. The van der Waals surface area contributed by atoms with Crippen molar-refractivity contribution >= 4 is 22.9 Å². The first-order valence-corrected chi connectivity index (χ1v) is 7.07. The maximum atomic E-state index is 6.39. The third-order valence-corrected chi connectivity index (χ3v) is 4.17. The number of aryl methyl sites for hydroxylation is 1. The number of methoxy groups -OCH3 is 1. The van der Waals surface area contributed by atoms with E-state index in [4.69, 9.17) is 16.3 Å². The topological polar surface area (TPSA) is 35.0 Å². The first-order chi connectivity index (χ1) is 8.81. The average Bonchev–Trinajstić information content (AvgIpc) is 2.88. The van der Waals surface area contributed by atoms with E-state index in [0.29, 0.717) is 0 Å². The lowest BCUT2D eigenvalue weighted by Crippen LogP contribution is -1.92. The van der Waals surface area contributed by atoms with Gasteiger partial charge in [-0.3, -0.25) is 0 Å². The Bertz CT molecular complexity index is 475. The summed E-state index contributed by atoms with van der Waals surface area (Å²) in [7, 11) is 1.70. The van der Waals surface area contributed by atoms with Crippen LogP contribution in [0.25, 0.3) is 0 Å². The maximum Gasteiger partial charge on any atom is 0.139 e. The fourth-order valence-electron chi connectivity index (χ4n) is 1.60. The largest absolute Gasteiger partial charge is 0.385 e. The summed E-state index contributed by atoms with van der Waals surface area (Å²) in [6.45, 7) is 0.748. The molecule has 1 aromatic heterocycles. The average molecular weight is 283 g/mol. The number of hydrogen-bond donors (Lipinski definition) is 0. The SMILES string of the molecule is COCCCc1nnc(C(Cl)c2ccccc2)s1. The third kappa shape index (κ3) is 3.51. The van der Waals surface area contributed by atoms with Crippen molar-refractivity contribution in [2.24, 2.45) is 0 Å². The summed E-state index contributed by atoms with van der Waals surface area (Å²) < 4.78 is 5.02. The Hall–Kier alpha value is -0.970. The van der Waals surface area contributed by atoms with Crippen LogP contribution < -0.4 is 0 Å². The zero-order valence-corrected chi connectivity index (χ0v) is 11.7. The normalized spacial score (nSPS) is 12.6. The molecule has 2 rings (SSSR count). The molecule has 96 valence electrons. The summed E-state index contributed by atoms with van der Waals surface area (Å²) in [5, 5.41) is 10.00. The van der Waals surface area contributed by atoms with Gasteiger partial charge in [0.25, 0.3) is 0 Å². The van der Waals surface area contributed by atoms with Crippen molar-refractivity contribution in [1.82, 2.24) is 10.2 Å².